The number of halogens is 1. The number of hydrogen-bond donors (Lipinski definition) is 0. The van der Waals surface area contributed by atoms with Crippen LogP contribution in [0.3, 0.4) is 0 Å². The summed E-state index contributed by atoms with van der Waals surface area (Å²) in [4.78, 5) is 15.7. The number of carbonyl (C=O) groups excluding carboxylic acids is 1. The van der Waals surface area contributed by atoms with Crippen LogP contribution in [0.25, 0.3) is 11.1 Å². The fourth-order valence-corrected chi connectivity index (χ4v) is 5.15. The van der Waals surface area contributed by atoms with E-state index >= 15 is 0 Å². The molecule has 1 aromatic heterocycles. The van der Waals surface area contributed by atoms with Gasteiger partial charge in [-0.15, -0.1) is 0 Å². The molecule has 0 bridgehead atoms. The summed E-state index contributed by atoms with van der Waals surface area (Å²) in [5.74, 6) is 2.05. The third-order valence-electron chi connectivity index (χ3n) is 6.47. The van der Waals surface area contributed by atoms with E-state index in [0.717, 1.165) is 40.0 Å². The first-order chi connectivity index (χ1) is 19.2. The summed E-state index contributed by atoms with van der Waals surface area (Å²) in [6, 6.07) is 16.4. The first-order valence-corrected chi connectivity index (χ1v) is 14.7. The van der Waals surface area contributed by atoms with E-state index in [-0.39, 0.29) is 34.4 Å². The average molecular weight is 580 g/mol. The molecule has 3 aromatic carbocycles. The third-order valence-corrected chi connectivity index (χ3v) is 7.84. The number of hydrogen-bond acceptors (Lipinski definition) is 8. The number of benzene rings is 3. The summed E-state index contributed by atoms with van der Waals surface area (Å²) in [6.07, 6.45) is 4.52. The van der Waals surface area contributed by atoms with Crippen LogP contribution >= 0.6 is 11.6 Å². The minimum atomic E-state index is -3.42. The third kappa shape index (κ3) is 6.05. The summed E-state index contributed by atoms with van der Waals surface area (Å²) >= 11 is 6.43. The summed E-state index contributed by atoms with van der Waals surface area (Å²) in [6.45, 7) is 3.30. The van der Waals surface area contributed by atoms with Crippen LogP contribution in [0.5, 0.6) is 23.0 Å². The van der Waals surface area contributed by atoms with E-state index in [1.807, 2.05) is 43.3 Å². The van der Waals surface area contributed by atoms with E-state index in [2.05, 4.69) is 4.98 Å². The lowest BCUT2D eigenvalue weighted by molar-refractivity contribution is 0.111. The molecule has 8 nitrogen and oxygen atoms in total. The zero-order valence-corrected chi connectivity index (χ0v) is 23.4. The Morgan fingerprint density at radius 2 is 1.73 bits per heavy atom. The summed E-state index contributed by atoms with van der Waals surface area (Å²) in [5, 5.41) is 0.260. The van der Waals surface area contributed by atoms with Crippen LogP contribution in [0, 0.1) is 6.92 Å². The number of aldehydes is 1. The molecule has 0 saturated carbocycles. The molecule has 0 radical (unpaired) electrons. The summed E-state index contributed by atoms with van der Waals surface area (Å²) in [5.41, 5.74) is 4.80. The number of carbonyl (C=O) groups is 1. The number of pyridine rings is 1. The zero-order chi connectivity index (χ0) is 28.3. The van der Waals surface area contributed by atoms with Crippen molar-refractivity contribution in [1.82, 2.24) is 4.98 Å². The van der Waals surface area contributed by atoms with Gasteiger partial charge in [-0.1, -0.05) is 35.9 Å². The fraction of sp³-hybridized carbons (Fsp3) is 0.200. The molecule has 2 heterocycles. The van der Waals surface area contributed by atoms with Crippen LogP contribution in [0.2, 0.25) is 5.02 Å². The molecule has 1 aliphatic heterocycles. The Morgan fingerprint density at radius 1 is 0.950 bits per heavy atom. The highest BCUT2D eigenvalue weighted by Gasteiger charge is 2.16. The Bertz CT molecular complexity index is 1690. The molecule has 0 fully saturated rings. The molecule has 0 N–H and O–H groups in total. The Kier molecular flexibility index (Phi) is 7.95. The maximum absolute atomic E-state index is 11.8. The van der Waals surface area contributed by atoms with E-state index in [9.17, 15) is 13.2 Å². The minimum Gasteiger partial charge on any atom is -0.488 e. The smallest absolute Gasteiger partial charge is 0.177 e. The van der Waals surface area contributed by atoms with Gasteiger partial charge >= 0.3 is 0 Å². The van der Waals surface area contributed by atoms with E-state index < -0.39 is 9.84 Å². The molecular formula is C30H26ClNO7S. The number of nitrogens with zero attached hydrogens (tertiary/aromatic N) is 1. The molecule has 10 heteroatoms. The Hall–Kier alpha value is -4.08. The SMILES string of the molecule is Cc1c(COc2cc(OCc3cncc(S(C)(=O)=O)c3)c(C=O)cc2Cl)cccc1-c1ccc2c(c1)OCCO2. The maximum Gasteiger partial charge on any atom is 0.177 e. The van der Waals surface area contributed by atoms with Crippen LogP contribution in [0.15, 0.2) is 71.9 Å². The van der Waals surface area contributed by atoms with Crippen molar-refractivity contribution in [2.45, 2.75) is 25.0 Å². The van der Waals surface area contributed by atoms with Crippen molar-refractivity contribution in [1.29, 1.82) is 0 Å². The molecule has 0 atom stereocenters. The number of aromatic nitrogens is 1. The molecular weight excluding hydrogens is 554 g/mol. The number of sulfone groups is 1. The lowest BCUT2D eigenvalue weighted by Gasteiger charge is -2.20. The normalized spacial score (nSPS) is 12.6. The van der Waals surface area contributed by atoms with Gasteiger partial charge in [-0.3, -0.25) is 9.78 Å². The first-order valence-electron chi connectivity index (χ1n) is 12.4. The molecule has 0 amide bonds. The van der Waals surface area contributed by atoms with Gasteiger partial charge < -0.3 is 18.9 Å². The number of rotatable bonds is 9. The largest absolute Gasteiger partial charge is 0.488 e. The predicted octanol–water partition coefficient (Wildman–Crippen LogP) is 5.86. The molecule has 1 aliphatic rings. The van der Waals surface area contributed by atoms with Crippen molar-refractivity contribution in [3.05, 3.63) is 94.3 Å². The van der Waals surface area contributed by atoms with Crippen LogP contribution in [-0.2, 0) is 23.1 Å². The standard InChI is InChI=1S/C30H26ClNO7S/c1-19-22(4-3-5-25(19)21-6-7-27-30(12-21)37-9-8-36-27)18-39-29-13-28(23(16-33)11-26(29)31)38-17-20-10-24(15-32-14-20)40(2,34)35/h3-7,10-16H,8-9,17-18H2,1-2H3. The quantitative estimate of drug-likeness (QED) is 0.227. The fourth-order valence-electron chi connectivity index (χ4n) is 4.30. The Balaban J connectivity index is 1.34. The lowest BCUT2D eigenvalue weighted by atomic mass is 9.96. The van der Waals surface area contributed by atoms with Gasteiger partial charge in [0.25, 0.3) is 0 Å². The highest BCUT2D eigenvalue weighted by molar-refractivity contribution is 7.90. The number of ether oxygens (including phenoxy) is 4. The van der Waals surface area contributed by atoms with Gasteiger partial charge in [0.2, 0.25) is 0 Å². The highest BCUT2D eigenvalue weighted by Crippen LogP contribution is 2.37. The van der Waals surface area contributed by atoms with Crippen LogP contribution in [-0.4, -0.2) is 39.2 Å². The van der Waals surface area contributed by atoms with Crippen molar-refractivity contribution in [2.75, 3.05) is 19.5 Å². The predicted molar refractivity (Wildman–Crippen MR) is 150 cm³/mol. The van der Waals surface area contributed by atoms with Gasteiger partial charge in [0.1, 0.15) is 37.9 Å². The van der Waals surface area contributed by atoms with Crippen molar-refractivity contribution in [3.8, 4) is 34.1 Å². The Morgan fingerprint density at radius 3 is 2.50 bits per heavy atom. The van der Waals surface area contributed by atoms with E-state index in [4.69, 9.17) is 30.5 Å². The molecule has 40 heavy (non-hydrogen) atoms. The monoisotopic (exact) mass is 579 g/mol. The van der Waals surface area contributed by atoms with Gasteiger partial charge in [-0.25, -0.2) is 8.42 Å². The van der Waals surface area contributed by atoms with Gasteiger partial charge in [-0.05, 0) is 53.4 Å². The second-order valence-electron chi connectivity index (χ2n) is 9.26. The van der Waals surface area contributed by atoms with E-state index in [1.54, 1.807) is 6.07 Å². The van der Waals surface area contributed by atoms with Crippen molar-refractivity contribution < 1.29 is 32.2 Å². The molecule has 0 saturated heterocycles. The van der Waals surface area contributed by atoms with Crippen molar-refractivity contribution in [3.63, 3.8) is 0 Å². The zero-order valence-electron chi connectivity index (χ0n) is 21.8. The van der Waals surface area contributed by atoms with E-state index in [0.29, 0.717) is 30.8 Å². The highest BCUT2D eigenvalue weighted by atomic mass is 35.5. The Labute approximate surface area is 237 Å². The molecule has 0 unspecified atom stereocenters. The first kappa shape index (κ1) is 27.5. The van der Waals surface area contributed by atoms with Gasteiger partial charge in [0, 0.05) is 30.3 Å². The number of fused-ring (bicyclic) bond motifs is 1. The van der Waals surface area contributed by atoms with Gasteiger partial charge in [0.15, 0.2) is 27.6 Å². The second-order valence-corrected chi connectivity index (χ2v) is 11.7. The molecule has 206 valence electrons. The summed E-state index contributed by atoms with van der Waals surface area (Å²) < 4.78 is 47.0. The van der Waals surface area contributed by atoms with Crippen LogP contribution in [0.4, 0.5) is 0 Å². The molecule has 0 aliphatic carbocycles. The maximum atomic E-state index is 11.8. The average Bonchev–Trinajstić information content (AvgIpc) is 2.95. The van der Waals surface area contributed by atoms with Crippen LogP contribution in [0.1, 0.15) is 27.0 Å². The molecule has 0 spiro atoms. The molecule has 5 rings (SSSR count). The molecule has 4 aromatic rings. The van der Waals surface area contributed by atoms with E-state index in [1.165, 1.54) is 24.5 Å². The van der Waals surface area contributed by atoms with Gasteiger partial charge in [0.05, 0.1) is 15.5 Å². The topological polar surface area (TPSA) is 101 Å². The second kappa shape index (κ2) is 11.6. The van der Waals surface area contributed by atoms with Crippen LogP contribution < -0.4 is 18.9 Å². The van der Waals surface area contributed by atoms with Crippen molar-refractivity contribution >= 4 is 27.7 Å². The summed E-state index contributed by atoms with van der Waals surface area (Å²) in [7, 11) is -3.42. The lowest BCUT2D eigenvalue weighted by Crippen LogP contribution is -2.15. The van der Waals surface area contributed by atoms with Crippen molar-refractivity contribution in [2.24, 2.45) is 0 Å². The minimum absolute atomic E-state index is 0.00500. The van der Waals surface area contributed by atoms with Gasteiger partial charge in [-0.2, -0.15) is 0 Å².